The van der Waals surface area contributed by atoms with Gasteiger partial charge in [-0.2, -0.15) is 0 Å². The minimum absolute atomic E-state index is 0.0804. The molecule has 4 aliphatic carbocycles. The first-order chi connectivity index (χ1) is 15.8. The molecule has 4 aliphatic rings. The van der Waals surface area contributed by atoms with Gasteiger partial charge in [-0.25, -0.2) is 0 Å². The van der Waals surface area contributed by atoms with E-state index >= 15 is 0 Å². The van der Waals surface area contributed by atoms with E-state index in [1.807, 2.05) is 41.5 Å². The predicted molar refractivity (Wildman–Crippen MR) is 148 cm³/mol. The maximum absolute atomic E-state index is 10.2. The number of rotatable bonds is 4. The number of fused-ring (bicyclic) bond motifs is 5. The molecule has 7 atom stereocenters. The minimum Gasteiger partial charge on any atom is -0.393 e. The Morgan fingerprint density at radius 2 is 1.58 bits per heavy atom. The van der Waals surface area contributed by atoms with E-state index < -0.39 is 0 Å². The number of hydrogen-bond acceptors (Lipinski definition) is 1. The Morgan fingerprint density at radius 3 is 2.21 bits per heavy atom. The van der Waals surface area contributed by atoms with Gasteiger partial charge in [0, 0.05) is 0 Å². The largest absolute Gasteiger partial charge is 0.393 e. The molecule has 0 spiro atoms. The molecule has 1 heteroatoms. The lowest BCUT2D eigenvalue weighted by Crippen LogP contribution is -2.50. The second-order valence-corrected chi connectivity index (χ2v) is 11.3. The molecule has 0 saturated heterocycles. The monoisotopic (exact) mass is 460 g/mol. The Bertz CT molecular complexity index is 602. The molecular formula is C32H60O. The topological polar surface area (TPSA) is 20.2 Å². The third-order valence-electron chi connectivity index (χ3n) is 9.47. The van der Waals surface area contributed by atoms with Crippen LogP contribution in [-0.2, 0) is 0 Å². The van der Waals surface area contributed by atoms with E-state index in [1.165, 1.54) is 51.4 Å². The number of allylic oxidation sites excluding steroid dienone is 3. The lowest BCUT2D eigenvalue weighted by atomic mass is 9.47. The first kappa shape index (κ1) is 30.5. The van der Waals surface area contributed by atoms with Crippen LogP contribution in [0.25, 0.3) is 0 Å². The van der Waals surface area contributed by atoms with Crippen molar-refractivity contribution >= 4 is 0 Å². The number of hydrogen-bond donors (Lipinski definition) is 1. The number of aliphatic hydroxyl groups excluding tert-OH is 1. The molecule has 7 unspecified atom stereocenters. The van der Waals surface area contributed by atoms with Crippen molar-refractivity contribution < 1.29 is 5.11 Å². The quantitative estimate of drug-likeness (QED) is 0.414. The lowest BCUT2D eigenvalue weighted by molar-refractivity contribution is -0.0492. The van der Waals surface area contributed by atoms with Crippen molar-refractivity contribution in [3.63, 3.8) is 0 Å². The zero-order chi connectivity index (χ0) is 25.2. The van der Waals surface area contributed by atoms with Crippen molar-refractivity contribution in [2.75, 3.05) is 0 Å². The van der Waals surface area contributed by atoms with Crippen LogP contribution in [0, 0.1) is 40.4 Å². The summed E-state index contributed by atoms with van der Waals surface area (Å²) in [5.41, 5.74) is 2.56. The maximum atomic E-state index is 10.2. The van der Waals surface area contributed by atoms with Gasteiger partial charge in [0.05, 0.1) is 6.10 Å². The van der Waals surface area contributed by atoms with E-state index in [4.69, 9.17) is 0 Å². The van der Waals surface area contributed by atoms with Crippen LogP contribution in [0.1, 0.15) is 133 Å². The molecule has 1 N–H and O–H groups in total. The highest BCUT2D eigenvalue weighted by Gasteiger charge is 2.58. The first-order valence-electron chi connectivity index (χ1n) is 14.9. The van der Waals surface area contributed by atoms with Crippen LogP contribution in [0.3, 0.4) is 0 Å². The van der Waals surface area contributed by atoms with Crippen molar-refractivity contribution in [3.8, 4) is 0 Å². The summed E-state index contributed by atoms with van der Waals surface area (Å²) < 4.78 is 0. The molecule has 0 aliphatic heterocycles. The van der Waals surface area contributed by atoms with Crippen LogP contribution in [0.2, 0.25) is 0 Å². The second-order valence-electron chi connectivity index (χ2n) is 11.3. The zero-order valence-corrected chi connectivity index (χ0v) is 24.2. The Balaban J connectivity index is 0.000000841. The van der Waals surface area contributed by atoms with Gasteiger partial charge >= 0.3 is 0 Å². The van der Waals surface area contributed by atoms with Gasteiger partial charge < -0.3 is 5.11 Å². The Labute approximate surface area is 208 Å². The molecule has 0 radical (unpaired) electrons. The Hall–Kier alpha value is -0.560. The summed E-state index contributed by atoms with van der Waals surface area (Å²) in [5, 5.41) is 10.2. The molecule has 33 heavy (non-hydrogen) atoms. The van der Waals surface area contributed by atoms with E-state index in [1.54, 1.807) is 5.57 Å². The van der Waals surface area contributed by atoms with E-state index in [-0.39, 0.29) is 6.10 Å². The van der Waals surface area contributed by atoms with Gasteiger partial charge in [0.25, 0.3) is 0 Å². The molecular weight excluding hydrogens is 400 g/mol. The van der Waals surface area contributed by atoms with Gasteiger partial charge in [-0.15, -0.1) is 0 Å². The van der Waals surface area contributed by atoms with Gasteiger partial charge in [-0.1, -0.05) is 93.0 Å². The van der Waals surface area contributed by atoms with E-state index in [0.29, 0.717) is 10.8 Å². The molecule has 0 amide bonds. The molecule has 0 aromatic rings. The highest BCUT2D eigenvalue weighted by Crippen LogP contribution is 2.66. The Kier molecular flexibility index (Phi) is 13.0. The minimum atomic E-state index is -0.0804. The first-order valence-corrected chi connectivity index (χ1v) is 14.9. The average Bonchev–Trinajstić information content (AvgIpc) is 3.17. The summed E-state index contributed by atoms with van der Waals surface area (Å²) in [6.07, 6.45) is 20.2. The SMILES string of the molecule is CC.CC.CC.CC(C)C/C=C/CC1CCC2C3CC=C4CC(O)CCC4(C)C3CCC12C. The molecule has 0 bridgehead atoms. The van der Waals surface area contributed by atoms with Crippen LogP contribution in [0.4, 0.5) is 0 Å². The molecule has 0 heterocycles. The second kappa shape index (κ2) is 14.1. The fourth-order valence-electron chi connectivity index (χ4n) is 7.77. The van der Waals surface area contributed by atoms with E-state index in [9.17, 15) is 5.11 Å². The molecule has 3 saturated carbocycles. The van der Waals surface area contributed by atoms with Crippen molar-refractivity contribution in [1.82, 2.24) is 0 Å². The lowest BCUT2D eigenvalue weighted by Gasteiger charge is -2.58. The van der Waals surface area contributed by atoms with Crippen molar-refractivity contribution in [1.29, 1.82) is 0 Å². The van der Waals surface area contributed by atoms with E-state index in [0.717, 1.165) is 42.4 Å². The molecule has 4 rings (SSSR count). The fourth-order valence-corrected chi connectivity index (χ4v) is 7.77. The molecule has 0 aromatic heterocycles. The van der Waals surface area contributed by atoms with Crippen LogP contribution < -0.4 is 0 Å². The summed E-state index contributed by atoms with van der Waals surface area (Å²) >= 11 is 0. The molecule has 3 fully saturated rings. The van der Waals surface area contributed by atoms with Crippen LogP contribution in [-0.4, -0.2) is 11.2 Å². The smallest absolute Gasteiger partial charge is 0.0577 e. The maximum Gasteiger partial charge on any atom is 0.0577 e. The van der Waals surface area contributed by atoms with Crippen molar-refractivity contribution in [2.45, 2.75) is 140 Å². The summed E-state index contributed by atoms with van der Waals surface area (Å²) in [6, 6.07) is 0. The van der Waals surface area contributed by atoms with Gasteiger partial charge in [0.1, 0.15) is 0 Å². The highest BCUT2D eigenvalue weighted by molar-refractivity contribution is 5.25. The predicted octanol–water partition coefficient (Wildman–Crippen LogP) is 10.00. The highest BCUT2D eigenvalue weighted by atomic mass is 16.3. The zero-order valence-electron chi connectivity index (χ0n) is 24.2. The summed E-state index contributed by atoms with van der Waals surface area (Å²) in [4.78, 5) is 0. The summed E-state index contributed by atoms with van der Waals surface area (Å²) in [5.74, 6) is 4.39. The van der Waals surface area contributed by atoms with E-state index in [2.05, 4.69) is 45.9 Å². The molecule has 194 valence electrons. The van der Waals surface area contributed by atoms with Crippen LogP contribution in [0.15, 0.2) is 23.8 Å². The van der Waals surface area contributed by atoms with Crippen molar-refractivity contribution in [3.05, 3.63) is 23.8 Å². The van der Waals surface area contributed by atoms with Crippen LogP contribution >= 0.6 is 0 Å². The molecule has 1 nitrogen and oxygen atoms in total. The summed E-state index contributed by atoms with van der Waals surface area (Å²) in [6.45, 7) is 21.8. The van der Waals surface area contributed by atoms with Gasteiger partial charge in [0.2, 0.25) is 0 Å². The standard InChI is InChI=1S/C26H42O.3C2H6/c1-18(2)7-5-6-8-19-10-12-23-22-11-9-20-17-21(27)13-15-26(20,4)24(22)14-16-25(19,23)3;3*1-2/h5-6,9,18-19,21-24,27H,7-8,10-17H2,1-4H3;3*1-2H3/b6-5+;;;. The third kappa shape index (κ3) is 6.56. The average molecular weight is 461 g/mol. The van der Waals surface area contributed by atoms with Gasteiger partial charge in [0.15, 0.2) is 0 Å². The van der Waals surface area contributed by atoms with Crippen LogP contribution in [0.5, 0.6) is 0 Å². The number of aliphatic hydroxyl groups is 1. The van der Waals surface area contributed by atoms with Gasteiger partial charge in [-0.05, 0) is 105 Å². The summed E-state index contributed by atoms with van der Waals surface area (Å²) in [7, 11) is 0. The Morgan fingerprint density at radius 1 is 0.909 bits per heavy atom. The molecule has 0 aromatic carbocycles. The fraction of sp³-hybridized carbons (Fsp3) is 0.875. The van der Waals surface area contributed by atoms with Gasteiger partial charge in [-0.3, -0.25) is 0 Å². The van der Waals surface area contributed by atoms with Crippen molar-refractivity contribution in [2.24, 2.45) is 40.4 Å². The normalized spacial score (nSPS) is 38.9. The third-order valence-corrected chi connectivity index (χ3v) is 9.47.